The van der Waals surface area contributed by atoms with Crippen LogP contribution in [0, 0.1) is 13.8 Å². The van der Waals surface area contributed by atoms with Gasteiger partial charge in [-0.15, -0.1) is 11.3 Å². The Labute approximate surface area is 204 Å². The molecule has 0 aliphatic rings. The van der Waals surface area contributed by atoms with Crippen LogP contribution in [0.2, 0.25) is 18.1 Å². The molecule has 0 unspecified atom stereocenters. The quantitative estimate of drug-likeness (QED) is 0.245. The van der Waals surface area contributed by atoms with Crippen LogP contribution in [0.5, 0.6) is 0 Å². The van der Waals surface area contributed by atoms with Crippen LogP contribution in [0.15, 0.2) is 54.7 Å². The van der Waals surface area contributed by atoms with Crippen LogP contribution < -0.4 is 5.19 Å². The number of benzene rings is 2. The minimum absolute atomic E-state index is 0.457. The van der Waals surface area contributed by atoms with Gasteiger partial charge in [-0.1, -0.05) is 99.4 Å². The third kappa shape index (κ3) is 4.33. The van der Waals surface area contributed by atoms with Gasteiger partial charge < -0.3 is 0 Å². The van der Waals surface area contributed by atoms with E-state index in [2.05, 4.69) is 97.0 Å². The lowest BCUT2D eigenvalue weighted by Gasteiger charge is -2.28. The first-order valence-electron chi connectivity index (χ1n) is 12.4. The highest BCUT2D eigenvalue weighted by molar-refractivity contribution is 7.23. The van der Waals surface area contributed by atoms with Crippen LogP contribution >= 0.6 is 11.3 Å². The Balaban J connectivity index is 1.89. The summed E-state index contributed by atoms with van der Waals surface area (Å²) >= 11 is 1.92. The second-order valence-corrected chi connectivity index (χ2v) is 16.1. The van der Waals surface area contributed by atoms with E-state index in [0.29, 0.717) is 5.92 Å². The third-order valence-corrected chi connectivity index (χ3v) is 14.4. The molecule has 0 aliphatic heterocycles. The van der Waals surface area contributed by atoms with Crippen LogP contribution in [-0.4, -0.2) is 13.1 Å². The molecule has 3 heteroatoms. The second-order valence-electron chi connectivity index (χ2n) is 9.83. The molecule has 33 heavy (non-hydrogen) atoms. The molecular weight excluding hydrogens is 434 g/mol. The first-order chi connectivity index (χ1) is 15.8. The van der Waals surface area contributed by atoms with Crippen LogP contribution in [0.25, 0.3) is 31.8 Å². The van der Waals surface area contributed by atoms with Crippen molar-refractivity contribution in [1.29, 1.82) is 0 Å². The molecule has 1 nitrogen and oxygen atoms in total. The fourth-order valence-corrected chi connectivity index (χ4v) is 10.6. The van der Waals surface area contributed by atoms with E-state index in [9.17, 15) is 0 Å². The zero-order valence-electron chi connectivity index (χ0n) is 21.3. The maximum absolute atomic E-state index is 4.86. The molecule has 0 amide bonds. The van der Waals surface area contributed by atoms with Crippen molar-refractivity contribution in [3.8, 4) is 21.7 Å². The van der Waals surface area contributed by atoms with Crippen LogP contribution in [0.3, 0.4) is 0 Å². The third-order valence-electron chi connectivity index (χ3n) is 7.51. The fourth-order valence-electron chi connectivity index (χ4n) is 5.49. The number of hydrogen-bond donors (Lipinski definition) is 0. The molecular formula is C30H37NSSi. The summed E-state index contributed by atoms with van der Waals surface area (Å²) in [4.78, 5) is 6.27. The Morgan fingerprint density at radius 1 is 0.818 bits per heavy atom. The van der Waals surface area contributed by atoms with E-state index in [1.54, 1.807) is 5.19 Å². The minimum Gasteiger partial charge on any atom is -0.255 e. The predicted molar refractivity (Wildman–Crippen MR) is 151 cm³/mol. The Kier molecular flexibility index (Phi) is 6.92. The van der Waals surface area contributed by atoms with Crippen molar-refractivity contribution < 1.29 is 0 Å². The molecule has 0 saturated heterocycles. The monoisotopic (exact) mass is 471 g/mol. The summed E-state index contributed by atoms with van der Waals surface area (Å²) in [5, 5.41) is 2.97. The Bertz CT molecular complexity index is 1230. The second kappa shape index (κ2) is 9.56. The lowest BCUT2D eigenvalue weighted by Crippen LogP contribution is -2.45. The molecule has 0 aliphatic carbocycles. The summed E-state index contributed by atoms with van der Waals surface area (Å²) in [5.41, 5.74) is 7.72. The molecule has 0 N–H and O–H groups in total. The van der Waals surface area contributed by atoms with Crippen molar-refractivity contribution in [2.24, 2.45) is 0 Å². The van der Waals surface area contributed by atoms with Gasteiger partial charge in [-0.05, 0) is 49.1 Å². The highest BCUT2D eigenvalue weighted by atomic mass is 32.1. The summed E-state index contributed by atoms with van der Waals surface area (Å²) in [5.74, 6) is 0.457. The first kappa shape index (κ1) is 23.9. The number of pyridine rings is 1. The van der Waals surface area contributed by atoms with Crippen molar-refractivity contribution in [3.05, 3.63) is 71.4 Å². The van der Waals surface area contributed by atoms with Crippen molar-refractivity contribution in [1.82, 2.24) is 4.98 Å². The number of aromatic nitrogens is 1. The lowest BCUT2D eigenvalue weighted by molar-refractivity contribution is 0.882. The number of rotatable bonds is 7. The molecule has 2 heterocycles. The van der Waals surface area contributed by atoms with Gasteiger partial charge in [-0.25, -0.2) is 0 Å². The van der Waals surface area contributed by atoms with E-state index < -0.39 is 8.07 Å². The number of thiophene rings is 1. The van der Waals surface area contributed by atoms with Crippen molar-refractivity contribution in [2.45, 2.75) is 72.5 Å². The molecule has 2 aromatic heterocycles. The molecule has 4 aromatic rings. The topological polar surface area (TPSA) is 12.9 Å². The number of hydrogen-bond acceptors (Lipinski definition) is 2. The maximum atomic E-state index is 4.86. The number of fused-ring (bicyclic) bond motifs is 1. The van der Waals surface area contributed by atoms with Gasteiger partial charge in [0.2, 0.25) is 0 Å². The Morgan fingerprint density at radius 2 is 1.42 bits per heavy atom. The summed E-state index contributed by atoms with van der Waals surface area (Å²) < 4.78 is 1.31. The van der Waals surface area contributed by atoms with Crippen LogP contribution in [-0.2, 0) is 0 Å². The standard InChI is InChI=1S/C30H37NSSi/c1-8-33(9-2,10-3)25-13-11-23(12-14-25)29-27(20(4)5)26-15-16-31-28(30(26)32-29)24-18-21(6)17-22(7)19-24/h11-20H,8-10H2,1-7H3. The van der Waals surface area contributed by atoms with Crippen LogP contribution in [0.1, 0.15) is 57.2 Å². The van der Waals surface area contributed by atoms with E-state index >= 15 is 0 Å². The molecule has 0 fully saturated rings. The van der Waals surface area contributed by atoms with Crippen molar-refractivity contribution >= 4 is 34.7 Å². The van der Waals surface area contributed by atoms with Gasteiger partial charge in [-0.2, -0.15) is 0 Å². The van der Waals surface area contributed by atoms with Gasteiger partial charge in [0.05, 0.1) is 18.5 Å². The van der Waals surface area contributed by atoms with E-state index in [1.807, 2.05) is 17.5 Å². The SMILES string of the molecule is CC[Si](CC)(CC)c1ccc(-c2sc3c(-c4cc(C)cc(C)c4)nccc3c2C(C)C)cc1. The highest BCUT2D eigenvalue weighted by Gasteiger charge is 2.29. The Hall–Kier alpha value is -2.23. The van der Waals surface area contributed by atoms with Gasteiger partial charge in [-0.3, -0.25) is 4.98 Å². The number of aryl methyl sites for hydroxylation is 2. The van der Waals surface area contributed by atoms with Gasteiger partial charge in [0.1, 0.15) is 0 Å². The average molecular weight is 472 g/mol. The zero-order valence-corrected chi connectivity index (χ0v) is 23.1. The molecule has 0 radical (unpaired) electrons. The maximum Gasteiger partial charge on any atom is 0.0880 e. The van der Waals surface area contributed by atoms with Crippen LogP contribution in [0.4, 0.5) is 0 Å². The molecule has 0 saturated carbocycles. The van der Waals surface area contributed by atoms with Crippen molar-refractivity contribution in [3.63, 3.8) is 0 Å². The van der Waals surface area contributed by atoms with Gasteiger partial charge in [0, 0.05) is 22.0 Å². The van der Waals surface area contributed by atoms with Gasteiger partial charge in [0.25, 0.3) is 0 Å². The fraction of sp³-hybridized carbons (Fsp3) is 0.367. The first-order valence-corrected chi connectivity index (χ1v) is 15.9. The molecule has 172 valence electrons. The molecule has 0 bridgehead atoms. The van der Waals surface area contributed by atoms with E-state index in [0.717, 1.165) is 5.69 Å². The Morgan fingerprint density at radius 3 is 1.97 bits per heavy atom. The van der Waals surface area contributed by atoms with E-state index in [-0.39, 0.29) is 0 Å². The van der Waals surface area contributed by atoms with Gasteiger partial charge in [0.15, 0.2) is 0 Å². The highest BCUT2D eigenvalue weighted by Crippen LogP contribution is 2.45. The number of nitrogens with zero attached hydrogens (tertiary/aromatic N) is 1. The zero-order chi connectivity index (χ0) is 23.8. The predicted octanol–water partition coefficient (Wildman–Crippen LogP) is 9.09. The summed E-state index contributed by atoms with van der Waals surface area (Å²) in [6.07, 6.45) is 1.99. The summed E-state index contributed by atoms with van der Waals surface area (Å²) in [7, 11) is -1.36. The van der Waals surface area contributed by atoms with Gasteiger partial charge >= 0.3 is 0 Å². The average Bonchev–Trinajstić information content (AvgIpc) is 3.20. The lowest BCUT2D eigenvalue weighted by atomic mass is 9.96. The minimum atomic E-state index is -1.36. The van der Waals surface area contributed by atoms with E-state index in [1.165, 1.54) is 60.9 Å². The summed E-state index contributed by atoms with van der Waals surface area (Å²) in [6, 6.07) is 22.6. The molecule has 2 aromatic carbocycles. The van der Waals surface area contributed by atoms with Crippen molar-refractivity contribution in [2.75, 3.05) is 0 Å². The molecule has 4 rings (SSSR count). The van der Waals surface area contributed by atoms with E-state index in [4.69, 9.17) is 4.98 Å². The normalized spacial score (nSPS) is 12.1. The molecule has 0 atom stereocenters. The molecule has 0 spiro atoms. The summed E-state index contributed by atoms with van der Waals surface area (Å²) in [6.45, 7) is 16.1. The largest absolute Gasteiger partial charge is 0.255 e. The smallest absolute Gasteiger partial charge is 0.0880 e.